The zero-order chi connectivity index (χ0) is 19.4. The minimum absolute atomic E-state index is 0.116. The van der Waals surface area contributed by atoms with Gasteiger partial charge in [-0.25, -0.2) is 8.42 Å². The molecule has 0 saturated carbocycles. The molecule has 6 nitrogen and oxygen atoms in total. The molecule has 27 heavy (non-hydrogen) atoms. The fourth-order valence-corrected chi connectivity index (χ4v) is 5.00. The molecule has 0 aromatic heterocycles. The fraction of sp³-hybridized carbons (Fsp3) is 0.316. The molecule has 3 rings (SSSR count). The van der Waals surface area contributed by atoms with E-state index in [1.807, 2.05) is 31.2 Å². The zero-order valence-electron chi connectivity index (χ0n) is 14.9. The molecule has 0 aliphatic carbocycles. The summed E-state index contributed by atoms with van der Waals surface area (Å²) in [6.07, 6.45) is 0. The van der Waals surface area contributed by atoms with Crippen molar-refractivity contribution in [2.24, 2.45) is 0 Å². The highest BCUT2D eigenvalue weighted by Gasteiger charge is 2.27. The van der Waals surface area contributed by atoms with Crippen LogP contribution in [0, 0.1) is 0 Å². The first-order valence-corrected chi connectivity index (χ1v) is 10.9. The van der Waals surface area contributed by atoms with Crippen LogP contribution in [0.3, 0.4) is 0 Å². The lowest BCUT2D eigenvalue weighted by atomic mass is 10.1. The zero-order valence-corrected chi connectivity index (χ0v) is 17.3. The maximum atomic E-state index is 12.8. The Morgan fingerprint density at radius 1 is 1.15 bits per heavy atom. The van der Waals surface area contributed by atoms with Crippen molar-refractivity contribution in [1.82, 2.24) is 9.62 Å². The molecule has 1 amide bonds. The highest BCUT2D eigenvalue weighted by atomic mass is 79.9. The number of rotatable bonds is 5. The van der Waals surface area contributed by atoms with Crippen molar-refractivity contribution in [1.29, 1.82) is 0 Å². The summed E-state index contributed by atoms with van der Waals surface area (Å²) in [6.45, 7) is 3.27. The van der Waals surface area contributed by atoms with Crippen LogP contribution in [0.1, 0.15) is 28.9 Å². The molecule has 0 bridgehead atoms. The van der Waals surface area contributed by atoms with Crippen LogP contribution in [0.5, 0.6) is 0 Å². The Balaban J connectivity index is 1.78. The normalized spacial score (nSPS) is 16.7. The molecule has 1 saturated heterocycles. The standard InChI is InChI=1S/C19H21BrN2O4S/c1-14(17-7-2-3-8-18(17)20)21-19(23)15-5-4-6-16(13-15)27(24,25)22-9-11-26-12-10-22/h2-8,13-14H,9-12H2,1H3,(H,21,23). The molecule has 1 aliphatic rings. The Bertz CT molecular complexity index is 927. The average Bonchev–Trinajstić information content (AvgIpc) is 2.69. The van der Waals surface area contributed by atoms with Crippen molar-refractivity contribution in [3.05, 3.63) is 64.1 Å². The molecule has 1 aliphatic heterocycles. The molecule has 2 aromatic rings. The summed E-state index contributed by atoms with van der Waals surface area (Å²) < 4.78 is 33.1. The summed E-state index contributed by atoms with van der Waals surface area (Å²) in [5, 5.41) is 2.91. The molecular formula is C19H21BrN2O4S. The van der Waals surface area contributed by atoms with Crippen molar-refractivity contribution in [2.45, 2.75) is 17.9 Å². The summed E-state index contributed by atoms with van der Waals surface area (Å²) >= 11 is 3.48. The Morgan fingerprint density at radius 3 is 2.56 bits per heavy atom. The van der Waals surface area contributed by atoms with Crippen LogP contribution in [0.25, 0.3) is 0 Å². The number of hydrogen-bond acceptors (Lipinski definition) is 4. The van der Waals surface area contributed by atoms with E-state index in [0.717, 1.165) is 10.0 Å². The first-order chi connectivity index (χ1) is 12.9. The van der Waals surface area contributed by atoms with E-state index >= 15 is 0 Å². The van der Waals surface area contributed by atoms with Gasteiger partial charge in [0.2, 0.25) is 10.0 Å². The maximum absolute atomic E-state index is 12.8. The molecule has 144 valence electrons. The van der Waals surface area contributed by atoms with E-state index in [1.165, 1.54) is 16.4 Å². The van der Waals surface area contributed by atoms with Crippen molar-refractivity contribution in [2.75, 3.05) is 26.3 Å². The molecule has 1 N–H and O–H groups in total. The number of halogens is 1. The Kier molecular flexibility index (Phi) is 6.31. The van der Waals surface area contributed by atoms with Crippen molar-refractivity contribution in [3.8, 4) is 0 Å². The molecule has 2 aromatic carbocycles. The lowest BCUT2D eigenvalue weighted by molar-refractivity contribution is 0.0730. The van der Waals surface area contributed by atoms with Crippen LogP contribution in [-0.4, -0.2) is 44.9 Å². The van der Waals surface area contributed by atoms with Crippen LogP contribution in [0.15, 0.2) is 57.9 Å². The van der Waals surface area contributed by atoms with E-state index in [-0.39, 0.29) is 16.8 Å². The largest absolute Gasteiger partial charge is 0.379 e. The molecule has 1 fully saturated rings. The van der Waals surface area contributed by atoms with Gasteiger partial charge in [0.15, 0.2) is 0 Å². The van der Waals surface area contributed by atoms with E-state index in [1.54, 1.807) is 12.1 Å². The number of amides is 1. The van der Waals surface area contributed by atoms with Gasteiger partial charge in [-0.1, -0.05) is 40.2 Å². The third-order valence-corrected chi connectivity index (χ3v) is 7.04. The van der Waals surface area contributed by atoms with Gasteiger partial charge >= 0.3 is 0 Å². The van der Waals surface area contributed by atoms with E-state index in [2.05, 4.69) is 21.2 Å². The third kappa shape index (κ3) is 4.57. The fourth-order valence-electron chi connectivity index (χ4n) is 2.92. The van der Waals surface area contributed by atoms with Crippen LogP contribution in [-0.2, 0) is 14.8 Å². The molecule has 1 unspecified atom stereocenters. The van der Waals surface area contributed by atoms with Gasteiger partial charge in [0.05, 0.1) is 24.2 Å². The topological polar surface area (TPSA) is 75.7 Å². The number of morpholine rings is 1. The summed E-state index contributed by atoms with van der Waals surface area (Å²) in [4.78, 5) is 12.8. The van der Waals surface area contributed by atoms with Crippen LogP contribution in [0.4, 0.5) is 0 Å². The average molecular weight is 453 g/mol. The molecule has 0 spiro atoms. The Labute approximate surface area is 167 Å². The Hall–Kier alpha value is -1.74. The maximum Gasteiger partial charge on any atom is 0.251 e. The number of ether oxygens (including phenoxy) is 1. The second-order valence-corrected chi connectivity index (χ2v) is 9.05. The van der Waals surface area contributed by atoms with Gasteiger partial charge in [-0.15, -0.1) is 0 Å². The summed E-state index contributed by atoms with van der Waals surface area (Å²) in [5.74, 6) is -0.322. The van der Waals surface area contributed by atoms with Gasteiger partial charge in [-0.3, -0.25) is 4.79 Å². The highest BCUT2D eigenvalue weighted by Crippen LogP contribution is 2.23. The molecule has 1 heterocycles. The number of nitrogens with one attached hydrogen (secondary N) is 1. The number of nitrogens with zero attached hydrogens (tertiary/aromatic N) is 1. The molecular weight excluding hydrogens is 432 g/mol. The SMILES string of the molecule is CC(NC(=O)c1cccc(S(=O)(=O)N2CCOCC2)c1)c1ccccc1Br. The summed E-state index contributed by atoms with van der Waals surface area (Å²) in [5.41, 5.74) is 1.26. The van der Waals surface area contributed by atoms with Crippen molar-refractivity contribution >= 4 is 31.9 Å². The number of benzene rings is 2. The van der Waals surface area contributed by atoms with E-state index in [0.29, 0.717) is 31.9 Å². The number of carbonyl (C=O) groups excluding carboxylic acids is 1. The third-order valence-electron chi connectivity index (χ3n) is 4.42. The summed E-state index contributed by atoms with van der Waals surface area (Å²) in [7, 11) is -3.64. The monoisotopic (exact) mass is 452 g/mol. The summed E-state index contributed by atoms with van der Waals surface area (Å²) in [6, 6.07) is 13.5. The van der Waals surface area contributed by atoms with E-state index in [4.69, 9.17) is 4.74 Å². The number of hydrogen-bond donors (Lipinski definition) is 1. The Morgan fingerprint density at radius 2 is 1.85 bits per heavy atom. The first-order valence-electron chi connectivity index (χ1n) is 8.63. The second-order valence-electron chi connectivity index (χ2n) is 6.26. The van der Waals surface area contributed by atoms with Gasteiger partial charge in [0.1, 0.15) is 0 Å². The molecule has 1 atom stereocenters. The predicted molar refractivity (Wildman–Crippen MR) is 106 cm³/mol. The van der Waals surface area contributed by atoms with Gasteiger partial charge in [0.25, 0.3) is 5.91 Å². The van der Waals surface area contributed by atoms with E-state index < -0.39 is 10.0 Å². The van der Waals surface area contributed by atoms with Gasteiger partial charge in [0, 0.05) is 23.1 Å². The first kappa shape index (κ1) is 20.0. The lowest BCUT2D eigenvalue weighted by Gasteiger charge is -2.26. The molecule has 8 heteroatoms. The van der Waals surface area contributed by atoms with Crippen LogP contribution < -0.4 is 5.32 Å². The predicted octanol–water partition coefficient (Wildman–Crippen LogP) is 2.96. The van der Waals surface area contributed by atoms with Gasteiger partial charge in [-0.05, 0) is 36.8 Å². The molecule has 0 radical (unpaired) electrons. The van der Waals surface area contributed by atoms with E-state index in [9.17, 15) is 13.2 Å². The lowest BCUT2D eigenvalue weighted by Crippen LogP contribution is -2.40. The highest BCUT2D eigenvalue weighted by molar-refractivity contribution is 9.10. The van der Waals surface area contributed by atoms with Crippen LogP contribution in [0.2, 0.25) is 0 Å². The second kappa shape index (κ2) is 8.52. The van der Waals surface area contributed by atoms with Crippen LogP contribution >= 0.6 is 15.9 Å². The minimum atomic E-state index is -3.64. The van der Waals surface area contributed by atoms with Gasteiger partial charge < -0.3 is 10.1 Å². The quantitative estimate of drug-likeness (QED) is 0.756. The minimum Gasteiger partial charge on any atom is -0.379 e. The van der Waals surface area contributed by atoms with Gasteiger partial charge in [-0.2, -0.15) is 4.31 Å². The number of sulfonamides is 1. The van der Waals surface area contributed by atoms with Crippen molar-refractivity contribution in [3.63, 3.8) is 0 Å². The number of carbonyl (C=O) groups is 1. The van der Waals surface area contributed by atoms with Crippen molar-refractivity contribution < 1.29 is 17.9 Å². The smallest absolute Gasteiger partial charge is 0.251 e.